The van der Waals surface area contributed by atoms with Gasteiger partial charge >= 0.3 is 0 Å². The van der Waals surface area contributed by atoms with Crippen molar-refractivity contribution in [3.63, 3.8) is 0 Å². The Kier molecular flexibility index (Phi) is 3.90. The summed E-state index contributed by atoms with van der Waals surface area (Å²) in [5, 5.41) is 9.56. The maximum atomic E-state index is 9.56. The average molecular weight is 238 g/mol. The van der Waals surface area contributed by atoms with Crippen LogP contribution in [0, 0.1) is 6.92 Å². The van der Waals surface area contributed by atoms with Crippen LogP contribution in [0.1, 0.15) is 25.3 Å². The van der Waals surface area contributed by atoms with Gasteiger partial charge in [-0.2, -0.15) is 0 Å². The zero-order valence-electron chi connectivity index (χ0n) is 9.72. The highest BCUT2D eigenvalue weighted by Crippen LogP contribution is 2.32. The molecule has 1 heterocycles. The van der Waals surface area contributed by atoms with Crippen LogP contribution in [-0.4, -0.2) is 22.8 Å². The van der Waals surface area contributed by atoms with Gasteiger partial charge in [-0.15, -0.1) is 0 Å². The third-order valence-corrected chi connectivity index (χ3v) is 4.05. The molecule has 1 unspecified atom stereocenters. The summed E-state index contributed by atoms with van der Waals surface area (Å²) in [5.74, 6) is 0. The molecule has 1 N–H and O–H groups in total. The fourth-order valence-electron chi connectivity index (χ4n) is 1.80. The number of rotatable bonds is 2. The van der Waals surface area contributed by atoms with Gasteiger partial charge in [-0.1, -0.05) is 29.5 Å². The minimum Gasteiger partial charge on any atom is -0.390 e. The van der Waals surface area contributed by atoms with Gasteiger partial charge in [0.25, 0.3) is 0 Å². The lowest BCUT2D eigenvalue weighted by Crippen LogP contribution is -2.35. The van der Waals surface area contributed by atoms with Crippen LogP contribution in [0.15, 0.2) is 29.2 Å². The first kappa shape index (κ1) is 12.0. The van der Waals surface area contributed by atoms with E-state index in [1.165, 1.54) is 10.5 Å². The smallest absolute Gasteiger partial charge is 0.108 e. The van der Waals surface area contributed by atoms with Crippen molar-refractivity contribution in [2.24, 2.45) is 0 Å². The summed E-state index contributed by atoms with van der Waals surface area (Å²) in [6.45, 7) is 4.02. The number of aryl methyl sites for hydroxylation is 1. The van der Waals surface area contributed by atoms with E-state index in [1.807, 2.05) is 6.92 Å². The summed E-state index contributed by atoms with van der Waals surface area (Å²) in [6, 6.07) is 8.48. The molecule has 1 aliphatic rings. The van der Waals surface area contributed by atoms with Gasteiger partial charge in [0.2, 0.25) is 0 Å². The lowest BCUT2D eigenvalue weighted by molar-refractivity contribution is -0.0766. The third-order valence-electron chi connectivity index (χ3n) is 2.89. The molecule has 1 aliphatic heterocycles. The summed E-state index contributed by atoms with van der Waals surface area (Å²) in [6.07, 6.45) is 1.42. The first-order chi connectivity index (χ1) is 7.65. The molecule has 16 heavy (non-hydrogen) atoms. The second-order valence-corrected chi connectivity index (χ2v) is 5.58. The molecule has 0 radical (unpaired) electrons. The monoisotopic (exact) mass is 238 g/mol. The number of thioether (sulfide) groups is 1. The van der Waals surface area contributed by atoms with Gasteiger partial charge < -0.3 is 9.84 Å². The molecular formula is C13H18O2S. The van der Waals surface area contributed by atoms with E-state index in [1.54, 1.807) is 11.8 Å². The van der Waals surface area contributed by atoms with E-state index in [9.17, 15) is 5.11 Å². The fourth-order valence-corrected chi connectivity index (χ4v) is 2.88. The maximum absolute atomic E-state index is 9.56. The van der Waals surface area contributed by atoms with Crippen LogP contribution in [0.5, 0.6) is 0 Å². The largest absolute Gasteiger partial charge is 0.390 e. The van der Waals surface area contributed by atoms with Crippen LogP contribution in [0.4, 0.5) is 0 Å². The molecule has 3 atom stereocenters. The summed E-state index contributed by atoms with van der Waals surface area (Å²) < 4.78 is 5.75. The second-order valence-electron chi connectivity index (χ2n) is 4.35. The first-order valence-electron chi connectivity index (χ1n) is 5.72. The summed E-state index contributed by atoms with van der Waals surface area (Å²) in [4.78, 5) is 1.24. The number of ether oxygens (including phenoxy) is 1. The fraction of sp³-hybridized carbons (Fsp3) is 0.538. The predicted molar refractivity (Wildman–Crippen MR) is 66.6 cm³/mol. The number of hydrogen-bond acceptors (Lipinski definition) is 3. The van der Waals surface area contributed by atoms with Gasteiger partial charge in [-0.3, -0.25) is 0 Å². The van der Waals surface area contributed by atoms with Crippen LogP contribution in [0.2, 0.25) is 0 Å². The molecule has 88 valence electrons. The SMILES string of the molecule is Cc1ccc(SC2CC[C@@H](O)[C@H](C)O2)cc1. The highest BCUT2D eigenvalue weighted by atomic mass is 32.2. The first-order valence-corrected chi connectivity index (χ1v) is 6.60. The molecule has 1 aromatic rings. The summed E-state index contributed by atoms with van der Waals surface area (Å²) >= 11 is 1.75. The zero-order valence-corrected chi connectivity index (χ0v) is 10.5. The molecule has 0 bridgehead atoms. The molecule has 0 amide bonds. The normalized spacial score (nSPS) is 30.3. The lowest BCUT2D eigenvalue weighted by atomic mass is 10.1. The van der Waals surface area contributed by atoms with Gasteiger partial charge in [-0.05, 0) is 38.8 Å². The predicted octanol–water partition coefficient (Wildman–Crippen LogP) is 2.97. The summed E-state index contributed by atoms with van der Waals surface area (Å²) in [7, 11) is 0. The third kappa shape index (κ3) is 3.00. The van der Waals surface area contributed by atoms with E-state index in [4.69, 9.17) is 4.74 Å². The van der Waals surface area contributed by atoms with Crippen molar-refractivity contribution >= 4 is 11.8 Å². The van der Waals surface area contributed by atoms with Crippen LogP contribution in [0.3, 0.4) is 0 Å². The standard InChI is InChI=1S/C13H18O2S/c1-9-3-5-11(6-4-9)16-13-8-7-12(14)10(2)15-13/h3-6,10,12-14H,7-8H2,1-2H3/t10-,12+,13?/m0/s1. The Morgan fingerprint density at radius 2 is 1.94 bits per heavy atom. The molecule has 1 fully saturated rings. The molecule has 2 rings (SSSR count). The Balaban J connectivity index is 1.93. The van der Waals surface area contributed by atoms with Crippen molar-refractivity contribution in [3.05, 3.63) is 29.8 Å². The second kappa shape index (κ2) is 5.21. The Hall–Kier alpha value is -0.510. The number of aliphatic hydroxyl groups excluding tert-OH is 1. The molecule has 0 aromatic heterocycles. The quantitative estimate of drug-likeness (QED) is 0.859. The van der Waals surface area contributed by atoms with Crippen molar-refractivity contribution in [3.8, 4) is 0 Å². The van der Waals surface area contributed by atoms with E-state index in [0.717, 1.165) is 12.8 Å². The van der Waals surface area contributed by atoms with Crippen molar-refractivity contribution in [2.45, 2.75) is 49.2 Å². The van der Waals surface area contributed by atoms with Crippen LogP contribution < -0.4 is 0 Å². The van der Waals surface area contributed by atoms with E-state index in [-0.39, 0.29) is 17.6 Å². The molecule has 0 aliphatic carbocycles. The molecular weight excluding hydrogens is 220 g/mol. The van der Waals surface area contributed by atoms with Crippen LogP contribution in [0.25, 0.3) is 0 Å². The molecule has 0 saturated carbocycles. The van der Waals surface area contributed by atoms with E-state index in [0.29, 0.717) is 0 Å². The van der Waals surface area contributed by atoms with E-state index < -0.39 is 0 Å². The highest BCUT2D eigenvalue weighted by molar-refractivity contribution is 7.99. The van der Waals surface area contributed by atoms with Crippen LogP contribution >= 0.6 is 11.8 Å². The zero-order chi connectivity index (χ0) is 11.5. The number of aliphatic hydroxyl groups is 1. The number of hydrogen-bond donors (Lipinski definition) is 1. The van der Waals surface area contributed by atoms with E-state index >= 15 is 0 Å². The minimum absolute atomic E-state index is 0.0447. The molecule has 1 saturated heterocycles. The molecule has 2 nitrogen and oxygen atoms in total. The van der Waals surface area contributed by atoms with Gasteiger partial charge in [0, 0.05) is 4.90 Å². The van der Waals surface area contributed by atoms with Gasteiger partial charge in [0.1, 0.15) is 5.44 Å². The Morgan fingerprint density at radius 1 is 1.25 bits per heavy atom. The number of benzene rings is 1. The summed E-state index contributed by atoms with van der Waals surface area (Å²) in [5.41, 5.74) is 1.46. The van der Waals surface area contributed by atoms with Gasteiger partial charge in [0.05, 0.1) is 12.2 Å². The van der Waals surface area contributed by atoms with Crippen molar-refractivity contribution < 1.29 is 9.84 Å². The molecule has 3 heteroatoms. The Bertz CT molecular complexity index is 336. The Labute approximate surface area is 101 Å². The average Bonchev–Trinajstić information content (AvgIpc) is 2.27. The minimum atomic E-state index is -0.296. The van der Waals surface area contributed by atoms with E-state index in [2.05, 4.69) is 31.2 Å². The molecule has 1 aromatic carbocycles. The highest BCUT2D eigenvalue weighted by Gasteiger charge is 2.26. The lowest BCUT2D eigenvalue weighted by Gasteiger charge is -2.31. The van der Waals surface area contributed by atoms with Crippen molar-refractivity contribution in [1.29, 1.82) is 0 Å². The van der Waals surface area contributed by atoms with Crippen molar-refractivity contribution in [2.75, 3.05) is 0 Å². The molecule has 0 spiro atoms. The Morgan fingerprint density at radius 3 is 2.56 bits per heavy atom. The van der Waals surface area contributed by atoms with Crippen molar-refractivity contribution in [1.82, 2.24) is 0 Å². The maximum Gasteiger partial charge on any atom is 0.108 e. The van der Waals surface area contributed by atoms with Crippen LogP contribution in [-0.2, 0) is 4.74 Å². The topological polar surface area (TPSA) is 29.5 Å². The van der Waals surface area contributed by atoms with Gasteiger partial charge in [0.15, 0.2) is 0 Å². The van der Waals surface area contributed by atoms with Gasteiger partial charge in [-0.25, -0.2) is 0 Å².